The summed E-state index contributed by atoms with van der Waals surface area (Å²) in [7, 11) is 2.01. The minimum Gasteiger partial charge on any atom is -0.353 e. The van der Waals surface area contributed by atoms with E-state index in [0.29, 0.717) is 6.04 Å². The lowest BCUT2D eigenvalue weighted by molar-refractivity contribution is 0.357. The summed E-state index contributed by atoms with van der Waals surface area (Å²) in [4.78, 5) is 4.42. The largest absolute Gasteiger partial charge is 0.353 e. The average molecular weight is 195 g/mol. The van der Waals surface area contributed by atoms with Gasteiger partial charge in [0.1, 0.15) is 0 Å². The van der Waals surface area contributed by atoms with Gasteiger partial charge in [0.15, 0.2) is 0 Å². The summed E-state index contributed by atoms with van der Waals surface area (Å²) < 4.78 is 2.03. The third-order valence-electron chi connectivity index (χ3n) is 2.64. The molecule has 0 aliphatic rings. The van der Waals surface area contributed by atoms with Gasteiger partial charge in [-0.25, -0.2) is 4.98 Å². The fourth-order valence-electron chi connectivity index (χ4n) is 1.16. The topological polar surface area (TPSA) is 29.9 Å². The molecule has 1 aromatic rings. The molecule has 0 amide bonds. The number of nitrogens with one attached hydrogen (secondary N) is 1. The second-order valence-corrected chi connectivity index (χ2v) is 5.05. The zero-order valence-corrected chi connectivity index (χ0v) is 10.0. The number of hydrogen-bond donors (Lipinski definition) is 1. The second kappa shape index (κ2) is 3.64. The molecule has 1 aromatic heterocycles. The molecule has 0 radical (unpaired) electrons. The zero-order valence-electron chi connectivity index (χ0n) is 10.0. The van der Waals surface area contributed by atoms with E-state index in [9.17, 15) is 0 Å². The Balaban J connectivity index is 2.74. The molecule has 0 aliphatic heterocycles. The van der Waals surface area contributed by atoms with Crippen LogP contribution in [-0.4, -0.2) is 15.6 Å². The van der Waals surface area contributed by atoms with E-state index in [-0.39, 0.29) is 5.41 Å². The molecule has 3 nitrogen and oxygen atoms in total. The molecule has 80 valence electrons. The summed E-state index contributed by atoms with van der Waals surface area (Å²) in [5, 5.41) is 3.42. The molecule has 0 spiro atoms. The lowest BCUT2D eigenvalue weighted by Crippen LogP contribution is -2.31. The summed E-state index contributed by atoms with van der Waals surface area (Å²) in [5.41, 5.74) is 1.30. The fourth-order valence-corrected chi connectivity index (χ4v) is 1.16. The van der Waals surface area contributed by atoms with Crippen LogP contribution in [0.5, 0.6) is 0 Å². The SMILES string of the molecule is Cc1cn(C)c(NC(C)C(C)(C)C)n1. The highest BCUT2D eigenvalue weighted by molar-refractivity contribution is 5.30. The summed E-state index contributed by atoms with van der Waals surface area (Å²) in [6.45, 7) is 10.9. The first-order valence-electron chi connectivity index (χ1n) is 5.07. The van der Waals surface area contributed by atoms with Gasteiger partial charge in [-0.1, -0.05) is 20.8 Å². The quantitative estimate of drug-likeness (QED) is 0.786. The van der Waals surface area contributed by atoms with Gasteiger partial charge in [-0.2, -0.15) is 0 Å². The average Bonchev–Trinajstić information content (AvgIpc) is 2.28. The van der Waals surface area contributed by atoms with Crippen molar-refractivity contribution in [2.75, 3.05) is 5.32 Å². The standard InChI is InChI=1S/C11H21N3/c1-8-7-14(6)10(12-8)13-9(2)11(3,4)5/h7,9H,1-6H3,(H,12,13). The van der Waals surface area contributed by atoms with Crippen molar-refractivity contribution in [1.82, 2.24) is 9.55 Å². The highest BCUT2D eigenvalue weighted by Crippen LogP contribution is 2.22. The Morgan fingerprint density at radius 1 is 1.43 bits per heavy atom. The van der Waals surface area contributed by atoms with Gasteiger partial charge in [-0.15, -0.1) is 0 Å². The van der Waals surface area contributed by atoms with E-state index < -0.39 is 0 Å². The minimum atomic E-state index is 0.250. The fraction of sp³-hybridized carbons (Fsp3) is 0.727. The molecule has 0 bridgehead atoms. The first kappa shape index (κ1) is 11.1. The van der Waals surface area contributed by atoms with E-state index in [4.69, 9.17) is 0 Å². The van der Waals surface area contributed by atoms with Crippen molar-refractivity contribution >= 4 is 5.95 Å². The van der Waals surface area contributed by atoms with Crippen LogP contribution >= 0.6 is 0 Å². The van der Waals surface area contributed by atoms with Gasteiger partial charge in [-0.3, -0.25) is 0 Å². The summed E-state index contributed by atoms with van der Waals surface area (Å²) in [6, 6.07) is 0.406. The van der Waals surface area contributed by atoms with Gasteiger partial charge in [0, 0.05) is 19.3 Å². The predicted molar refractivity (Wildman–Crippen MR) is 60.5 cm³/mol. The molecular formula is C11H21N3. The smallest absolute Gasteiger partial charge is 0.203 e. The molecule has 0 aliphatic carbocycles. The minimum absolute atomic E-state index is 0.250. The van der Waals surface area contributed by atoms with Crippen LogP contribution in [0.4, 0.5) is 5.95 Å². The van der Waals surface area contributed by atoms with Crippen molar-refractivity contribution in [2.24, 2.45) is 12.5 Å². The molecule has 0 saturated carbocycles. The molecule has 0 fully saturated rings. The van der Waals surface area contributed by atoms with Crippen LogP contribution in [0.15, 0.2) is 6.20 Å². The summed E-state index contributed by atoms with van der Waals surface area (Å²) in [5.74, 6) is 0.949. The van der Waals surface area contributed by atoms with Crippen LogP contribution in [0, 0.1) is 12.3 Å². The van der Waals surface area contributed by atoms with Crippen LogP contribution in [0.1, 0.15) is 33.4 Å². The maximum absolute atomic E-state index is 4.42. The van der Waals surface area contributed by atoms with Gasteiger partial charge in [-0.05, 0) is 19.3 Å². The van der Waals surface area contributed by atoms with E-state index in [1.165, 1.54) is 0 Å². The Morgan fingerprint density at radius 3 is 2.36 bits per heavy atom. The molecule has 1 N–H and O–H groups in total. The van der Waals surface area contributed by atoms with Gasteiger partial charge < -0.3 is 9.88 Å². The van der Waals surface area contributed by atoms with E-state index >= 15 is 0 Å². The number of anilines is 1. The first-order valence-corrected chi connectivity index (χ1v) is 5.07. The third kappa shape index (κ3) is 2.50. The third-order valence-corrected chi connectivity index (χ3v) is 2.64. The maximum Gasteiger partial charge on any atom is 0.203 e. The van der Waals surface area contributed by atoms with Gasteiger partial charge in [0.2, 0.25) is 5.95 Å². The number of rotatable bonds is 2. The highest BCUT2D eigenvalue weighted by Gasteiger charge is 2.20. The lowest BCUT2D eigenvalue weighted by Gasteiger charge is -2.28. The number of aromatic nitrogens is 2. The molecule has 0 saturated heterocycles. The Hall–Kier alpha value is -0.990. The van der Waals surface area contributed by atoms with Crippen molar-refractivity contribution in [1.29, 1.82) is 0 Å². The van der Waals surface area contributed by atoms with Crippen LogP contribution in [0.3, 0.4) is 0 Å². The molecule has 14 heavy (non-hydrogen) atoms. The second-order valence-electron chi connectivity index (χ2n) is 5.05. The highest BCUT2D eigenvalue weighted by atomic mass is 15.2. The van der Waals surface area contributed by atoms with Gasteiger partial charge in [0.05, 0.1) is 5.69 Å². The van der Waals surface area contributed by atoms with Crippen LogP contribution in [0.25, 0.3) is 0 Å². The molecule has 1 atom stereocenters. The van der Waals surface area contributed by atoms with Crippen molar-refractivity contribution in [3.63, 3.8) is 0 Å². The maximum atomic E-state index is 4.42. The van der Waals surface area contributed by atoms with Crippen molar-refractivity contribution in [2.45, 2.75) is 40.7 Å². The normalized spacial score (nSPS) is 14.1. The van der Waals surface area contributed by atoms with E-state index in [1.54, 1.807) is 0 Å². The number of aryl methyl sites for hydroxylation is 2. The molecule has 1 unspecified atom stereocenters. The van der Waals surface area contributed by atoms with Crippen LogP contribution in [-0.2, 0) is 7.05 Å². The lowest BCUT2D eigenvalue weighted by atomic mass is 9.88. The van der Waals surface area contributed by atoms with Gasteiger partial charge in [0.25, 0.3) is 0 Å². The molecule has 3 heteroatoms. The van der Waals surface area contributed by atoms with Crippen LogP contribution < -0.4 is 5.32 Å². The molecular weight excluding hydrogens is 174 g/mol. The van der Waals surface area contributed by atoms with E-state index in [1.807, 2.05) is 24.7 Å². The number of nitrogens with zero attached hydrogens (tertiary/aromatic N) is 2. The predicted octanol–water partition coefficient (Wildman–Crippen LogP) is 2.58. The number of imidazole rings is 1. The summed E-state index contributed by atoms with van der Waals surface area (Å²) >= 11 is 0. The molecule has 1 rings (SSSR count). The van der Waals surface area contributed by atoms with E-state index in [2.05, 4.69) is 38.0 Å². The van der Waals surface area contributed by atoms with Crippen molar-refractivity contribution in [3.05, 3.63) is 11.9 Å². The Labute approximate surface area is 86.5 Å². The molecule has 1 heterocycles. The number of hydrogen-bond acceptors (Lipinski definition) is 2. The van der Waals surface area contributed by atoms with E-state index in [0.717, 1.165) is 11.6 Å². The Bertz CT molecular complexity index is 307. The Kier molecular flexibility index (Phi) is 2.88. The summed E-state index contributed by atoms with van der Waals surface area (Å²) in [6.07, 6.45) is 2.03. The van der Waals surface area contributed by atoms with Crippen molar-refractivity contribution in [3.8, 4) is 0 Å². The monoisotopic (exact) mass is 195 g/mol. The van der Waals surface area contributed by atoms with Crippen molar-refractivity contribution < 1.29 is 0 Å². The van der Waals surface area contributed by atoms with Gasteiger partial charge >= 0.3 is 0 Å². The zero-order chi connectivity index (χ0) is 10.9. The molecule has 0 aromatic carbocycles. The Morgan fingerprint density at radius 2 is 2.00 bits per heavy atom. The van der Waals surface area contributed by atoms with Crippen LogP contribution in [0.2, 0.25) is 0 Å². The first-order chi connectivity index (χ1) is 6.30.